The predicted octanol–water partition coefficient (Wildman–Crippen LogP) is 0.960. The second-order valence-electron chi connectivity index (χ2n) is 9.43. The monoisotopic (exact) mass is 498 g/mol. The third-order valence-corrected chi connectivity index (χ3v) is 7.92. The lowest BCUT2D eigenvalue weighted by Gasteiger charge is -2.28. The van der Waals surface area contributed by atoms with E-state index in [9.17, 15) is 22.8 Å². The summed E-state index contributed by atoms with van der Waals surface area (Å²) in [5.74, 6) is -2.78. The number of hydrogen-bond acceptors (Lipinski definition) is 9. The molecule has 1 aromatic rings. The van der Waals surface area contributed by atoms with E-state index in [-0.39, 0.29) is 42.2 Å². The minimum Gasteiger partial charge on any atom is -0.378 e. The van der Waals surface area contributed by atoms with Crippen LogP contribution in [0.4, 0.5) is 0 Å². The Morgan fingerprint density at radius 2 is 1.82 bits per heavy atom. The summed E-state index contributed by atoms with van der Waals surface area (Å²) in [5.41, 5.74) is 0. The van der Waals surface area contributed by atoms with Crippen LogP contribution in [-0.2, 0) is 24.2 Å². The smallest absolute Gasteiger partial charge is 0.296 e. The van der Waals surface area contributed by atoms with Gasteiger partial charge < -0.3 is 19.5 Å². The number of hydrogen-bond donors (Lipinski definition) is 1. The standard InChI is InChI=1S/C22H34N4O7S/c1-4-17(19(28)22-24-20(25-33-22)15-5-6-15)23-21(29)16(13-34(30,31)12-14(2)3)11-18(27)26-7-9-32-10-8-26/h14-17H,4-13H2,1-3H3,(H,23,29)/t16?,17-/m0/s1. The molecule has 1 aliphatic carbocycles. The van der Waals surface area contributed by atoms with E-state index in [0.717, 1.165) is 12.8 Å². The van der Waals surface area contributed by atoms with Crippen molar-refractivity contribution >= 4 is 27.4 Å². The number of carbonyl (C=O) groups excluding carboxylic acids is 3. The van der Waals surface area contributed by atoms with Crippen LogP contribution in [0.5, 0.6) is 0 Å². The van der Waals surface area contributed by atoms with Crippen LogP contribution in [0, 0.1) is 11.8 Å². The highest BCUT2D eigenvalue weighted by molar-refractivity contribution is 7.91. The Labute approximate surface area is 199 Å². The minimum absolute atomic E-state index is 0.0927. The second kappa shape index (κ2) is 11.4. The number of Topliss-reactive ketones (excluding diaryl/α,β-unsaturated/α-hetero) is 1. The minimum atomic E-state index is -3.60. The van der Waals surface area contributed by atoms with Gasteiger partial charge in [-0.1, -0.05) is 25.9 Å². The van der Waals surface area contributed by atoms with Crippen molar-refractivity contribution in [3.05, 3.63) is 11.7 Å². The molecule has 1 aromatic heterocycles. The maximum Gasteiger partial charge on any atom is 0.296 e. The van der Waals surface area contributed by atoms with Crippen LogP contribution >= 0.6 is 0 Å². The Balaban J connectivity index is 1.71. The fraction of sp³-hybridized carbons (Fsp3) is 0.773. The van der Waals surface area contributed by atoms with Crippen LogP contribution in [0.1, 0.15) is 68.9 Å². The van der Waals surface area contributed by atoms with Gasteiger partial charge in [-0.3, -0.25) is 14.4 Å². The van der Waals surface area contributed by atoms with Gasteiger partial charge in [-0.05, 0) is 25.2 Å². The Morgan fingerprint density at radius 1 is 1.15 bits per heavy atom. The summed E-state index contributed by atoms with van der Waals surface area (Å²) in [6, 6.07) is -0.964. The molecule has 2 amide bonds. The molecule has 3 rings (SSSR count). The maximum absolute atomic E-state index is 13.2. The highest BCUT2D eigenvalue weighted by Crippen LogP contribution is 2.38. The van der Waals surface area contributed by atoms with Gasteiger partial charge in [-0.25, -0.2) is 8.42 Å². The topological polar surface area (TPSA) is 149 Å². The second-order valence-corrected chi connectivity index (χ2v) is 11.6. The molecule has 0 spiro atoms. The van der Waals surface area contributed by atoms with Crippen LogP contribution in [0.3, 0.4) is 0 Å². The maximum atomic E-state index is 13.2. The first kappa shape index (κ1) is 26.3. The molecule has 1 aliphatic heterocycles. The van der Waals surface area contributed by atoms with Gasteiger partial charge >= 0.3 is 0 Å². The molecule has 2 heterocycles. The molecule has 1 unspecified atom stereocenters. The number of sulfone groups is 1. The fourth-order valence-corrected chi connectivity index (χ4v) is 5.93. The van der Waals surface area contributed by atoms with Gasteiger partial charge in [0.1, 0.15) is 0 Å². The Hall–Kier alpha value is -2.34. The average Bonchev–Trinajstić information content (AvgIpc) is 3.52. The number of ketones is 1. The average molecular weight is 499 g/mol. The third-order valence-electron chi connectivity index (χ3n) is 5.83. The molecule has 1 saturated carbocycles. The lowest BCUT2D eigenvalue weighted by molar-refractivity contribution is -0.139. The van der Waals surface area contributed by atoms with E-state index in [2.05, 4.69) is 15.5 Å². The van der Waals surface area contributed by atoms with E-state index in [0.29, 0.717) is 32.1 Å². The summed E-state index contributed by atoms with van der Waals surface area (Å²) in [5, 5.41) is 6.47. The van der Waals surface area contributed by atoms with E-state index in [1.165, 1.54) is 0 Å². The van der Waals surface area contributed by atoms with Gasteiger partial charge in [0.05, 0.1) is 36.7 Å². The molecule has 2 aliphatic rings. The number of morpholine rings is 1. The molecule has 0 bridgehead atoms. The number of nitrogens with zero attached hydrogens (tertiary/aromatic N) is 3. The van der Waals surface area contributed by atoms with Crippen molar-refractivity contribution in [2.45, 2.75) is 58.4 Å². The first-order valence-corrected chi connectivity index (χ1v) is 13.7. The molecular weight excluding hydrogens is 464 g/mol. The molecule has 2 atom stereocenters. The first-order chi connectivity index (χ1) is 16.1. The van der Waals surface area contributed by atoms with Crippen LogP contribution in [-0.4, -0.2) is 84.9 Å². The fourth-order valence-electron chi connectivity index (χ4n) is 3.90. The van der Waals surface area contributed by atoms with Crippen LogP contribution < -0.4 is 5.32 Å². The summed E-state index contributed by atoms with van der Waals surface area (Å²) in [4.78, 5) is 44.6. The summed E-state index contributed by atoms with van der Waals surface area (Å²) < 4.78 is 35.7. The van der Waals surface area contributed by atoms with Crippen molar-refractivity contribution in [3.8, 4) is 0 Å². The highest BCUT2D eigenvalue weighted by atomic mass is 32.2. The van der Waals surface area contributed by atoms with Crippen LogP contribution in [0.25, 0.3) is 0 Å². The SMILES string of the molecule is CC[C@H](NC(=O)C(CC(=O)N1CCOCC1)CS(=O)(=O)CC(C)C)C(=O)c1nc(C2CC2)no1. The van der Waals surface area contributed by atoms with E-state index in [4.69, 9.17) is 9.26 Å². The number of aromatic nitrogens is 2. The van der Waals surface area contributed by atoms with Crippen molar-refractivity contribution < 1.29 is 32.1 Å². The zero-order valence-corrected chi connectivity index (χ0v) is 20.8. The third kappa shape index (κ3) is 7.33. The first-order valence-electron chi connectivity index (χ1n) is 11.8. The molecular formula is C22H34N4O7S. The summed E-state index contributed by atoms with van der Waals surface area (Å²) in [6.45, 7) is 6.84. The van der Waals surface area contributed by atoms with Crippen molar-refractivity contribution in [2.24, 2.45) is 11.8 Å². The predicted molar refractivity (Wildman–Crippen MR) is 122 cm³/mol. The van der Waals surface area contributed by atoms with Crippen molar-refractivity contribution in [1.82, 2.24) is 20.4 Å². The zero-order valence-electron chi connectivity index (χ0n) is 20.0. The normalized spacial score (nSPS) is 18.5. The van der Waals surface area contributed by atoms with Gasteiger partial charge in [-0.15, -0.1) is 0 Å². The zero-order chi connectivity index (χ0) is 24.9. The lowest BCUT2D eigenvalue weighted by Crippen LogP contribution is -2.47. The van der Waals surface area contributed by atoms with E-state index >= 15 is 0 Å². The quantitative estimate of drug-likeness (QED) is 0.416. The molecule has 1 N–H and O–H groups in total. The van der Waals surface area contributed by atoms with E-state index < -0.39 is 39.2 Å². The van der Waals surface area contributed by atoms with Gasteiger partial charge in [0, 0.05) is 25.4 Å². The lowest BCUT2D eigenvalue weighted by atomic mass is 10.0. The molecule has 190 valence electrons. The Kier molecular flexibility index (Phi) is 8.80. The van der Waals surface area contributed by atoms with Crippen molar-refractivity contribution in [1.29, 1.82) is 0 Å². The molecule has 11 nitrogen and oxygen atoms in total. The van der Waals surface area contributed by atoms with Crippen molar-refractivity contribution in [2.75, 3.05) is 37.8 Å². The van der Waals surface area contributed by atoms with Gasteiger partial charge in [0.2, 0.25) is 17.6 Å². The molecule has 2 fully saturated rings. The van der Waals surface area contributed by atoms with Gasteiger partial charge in [0.25, 0.3) is 5.89 Å². The molecule has 34 heavy (non-hydrogen) atoms. The van der Waals surface area contributed by atoms with Crippen LogP contribution in [0.2, 0.25) is 0 Å². The molecule has 12 heteroatoms. The van der Waals surface area contributed by atoms with Crippen molar-refractivity contribution in [3.63, 3.8) is 0 Å². The number of nitrogens with one attached hydrogen (secondary N) is 1. The van der Waals surface area contributed by atoms with E-state index in [1.807, 2.05) is 0 Å². The number of ether oxygens (including phenoxy) is 1. The summed E-state index contributed by atoms with van der Waals surface area (Å²) in [6.07, 6.45) is 1.88. The van der Waals surface area contributed by atoms with Crippen LogP contribution in [0.15, 0.2) is 4.52 Å². The van der Waals surface area contributed by atoms with Gasteiger partial charge in [0.15, 0.2) is 15.7 Å². The summed E-state index contributed by atoms with van der Waals surface area (Å²) >= 11 is 0. The number of carbonyl (C=O) groups is 3. The van der Waals surface area contributed by atoms with E-state index in [1.54, 1.807) is 25.7 Å². The Bertz CT molecular complexity index is 981. The summed E-state index contributed by atoms with van der Waals surface area (Å²) in [7, 11) is -3.60. The number of rotatable bonds is 12. The Morgan fingerprint density at radius 3 is 2.41 bits per heavy atom. The molecule has 1 saturated heterocycles. The van der Waals surface area contributed by atoms with Gasteiger partial charge in [-0.2, -0.15) is 4.98 Å². The molecule has 0 aromatic carbocycles. The number of amides is 2. The highest BCUT2D eigenvalue weighted by Gasteiger charge is 2.35. The molecule has 0 radical (unpaired) electrons. The largest absolute Gasteiger partial charge is 0.378 e.